The maximum Gasteiger partial charge on any atom is 0.489 e. The summed E-state index contributed by atoms with van der Waals surface area (Å²) in [5.74, 6) is 0. The molecular formula is C12H7F3N2O. The number of benzene rings is 1. The summed E-state index contributed by atoms with van der Waals surface area (Å²) in [4.78, 5) is 13.9. The second-order valence-corrected chi connectivity index (χ2v) is 3.93. The minimum Gasteiger partial charge on any atom is -0.366 e. The Hall–Kier alpha value is -2.24. The van der Waals surface area contributed by atoms with Gasteiger partial charge in [-0.1, -0.05) is 0 Å². The van der Waals surface area contributed by atoms with E-state index in [4.69, 9.17) is 0 Å². The van der Waals surface area contributed by atoms with Gasteiger partial charge in [-0.05, 0) is 18.2 Å². The third-order valence-corrected chi connectivity index (χ3v) is 2.84. The second-order valence-electron chi connectivity index (χ2n) is 3.93. The standard InChI is InChI=1S/C12H7F3N2O/c13-12(14,15)17-10-5-7(18)1-2-8(10)9-3-4-16-6-11(9)17/h1-6,16H. The van der Waals surface area contributed by atoms with Gasteiger partial charge in [0, 0.05) is 29.2 Å². The molecule has 0 aliphatic carbocycles. The molecule has 0 saturated carbocycles. The normalized spacial score (nSPS) is 12.4. The summed E-state index contributed by atoms with van der Waals surface area (Å²) < 4.78 is 39.4. The number of aromatic amines is 1. The lowest BCUT2D eigenvalue weighted by Gasteiger charge is -2.10. The molecule has 0 radical (unpaired) electrons. The molecule has 1 N–H and O–H groups in total. The van der Waals surface area contributed by atoms with Gasteiger partial charge in [-0.25, -0.2) is 0 Å². The quantitative estimate of drug-likeness (QED) is 0.656. The summed E-state index contributed by atoms with van der Waals surface area (Å²) in [5.41, 5.74) is -0.560. The molecule has 0 saturated heterocycles. The van der Waals surface area contributed by atoms with Crippen LogP contribution in [0.2, 0.25) is 0 Å². The SMILES string of the molecule is O=c1ccc2c3cc[nH]cc3n(C(F)(F)F)c2c1. The molecule has 0 amide bonds. The third kappa shape index (κ3) is 1.42. The van der Waals surface area contributed by atoms with E-state index >= 15 is 0 Å². The van der Waals surface area contributed by atoms with E-state index in [1.165, 1.54) is 18.3 Å². The van der Waals surface area contributed by atoms with Crippen molar-refractivity contribution in [1.29, 1.82) is 0 Å². The number of pyridine rings is 1. The zero-order valence-corrected chi connectivity index (χ0v) is 8.95. The molecule has 0 unspecified atom stereocenters. The number of rotatable bonds is 0. The number of aromatic nitrogens is 2. The van der Waals surface area contributed by atoms with Crippen LogP contribution in [0.5, 0.6) is 0 Å². The molecule has 0 spiro atoms. The number of alkyl halides is 3. The highest BCUT2D eigenvalue weighted by Crippen LogP contribution is 2.35. The number of H-pyrrole nitrogens is 1. The topological polar surface area (TPSA) is 37.8 Å². The first-order chi connectivity index (χ1) is 8.48. The van der Waals surface area contributed by atoms with E-state index in [2.05, 4.69) is 4.98 Å². The van der Waals surface area contributed by atoms with E-state index in [0.717, 1.165) is 6.07 Å². The van der Waals surface area contributed by atoms with Crippen LogP contribution < -0.4 is 5.43 Å². The Labute approximate surface area is 98.5 Å². The zero-order chi connectivity index (χ0) is 12.9. The Kier molecular flexibility index (Phi) is 2.04. The molecule has 1 aromatic carbocycles. The van der Waals surface area contributed by atoms with Crippen molar-refractivity contribution in [3.05, 3.63) is 46.9 Å². The van der Waals surface area contributed by atoms with Gasteiger partial charge in [0.25, 0.3) is 0 Å². The number of nitrogens with zero attached hydrogens (tertiary/aromatic N) is 1. The molecule has 2 heterocycles. The number of hydrogen-bond acceptors (Lipinski definition) is 1. The molecule has 0 aliphatic rings. The van der Waals surface area contributed by atoms with Crippen molar-refractivity contribution < 1.29 is 13.2 Å². The fraction of sp³-hybridized carbons (Fsp3) is 0.0833. The number of nitrogens with one attached hydrogen (secondary N) is 1. The lowest BCUT2D eigenvalue weighted by molar-refractivity contribution is -0.197. The summed E-state index contributed by atoms with van der Waals surface area (Å²) >= 11 is 0. The van der Waals surface area contributed by atoms with E-state index in [9.17, 15) is 18.0 Å². The molecule has 18 heavy (non-hydrogen) atoms. The fourth-order valence-corrected chi connectivity index (χ4v) is 2.16. The highest BCUT2D eigenvalue weighted by molar-refractivity contribution is 6.07. The number of hydrogen-bond donors (Lipinski definition) is 1. The number of halogens is 3. The molecule has 0 aliphatic heterocycles. The van der Waals surface area contributed by atoms with E-state index < -0.39 is 11.7 Å². The monoisotopic (exact) mass is 252 g/mol. The van der Waals surface area contributed by atoms with Gasteiger partial charge in [-0.3, -0.25) is 9.36 Å². The van der Waals surface area contributed by atoms with E-state index in [0.29, 0.717) is 10.8 Å². The van der Waals surface area contributed by atoms with E-state index in [1.807, 2.05) is 0 Å². The summed E-state index contributed by atoms with van der Waals surface area (Å²) in [7, 11) is 0. The van der Waals surface area contributed by atoms with Gasteiger partial charge in [0.2, 0.25) is 0 Å². The predicted molar refractivity (Wildman–Crippen MR) is 61.4 cm³/mol. The average molecular weight is 252 g/mol. The van der Waals surface area contributed by atoms with Crippen LogP contribution in [0.4, 0.5) is 13.2 Å². The molecule has 0 bridgehead atoms. The smallest absolute Gasteiger partial charge is 0.366 e. The molecule has 92 valence electrons. The van der Waals surface area contributed by atoms with Crippen LogP contribution in [0.25, 0.3) is 21.8 Å². The maximum atomic E-state index is 13.1. The van der Waals surface area contributed by atoms with Crippen molar-refractivity contribution in [2.45, 2.75) is 6.30 Å². The van der Waals surface area contributed by atoms with Crippen LogP contribution in [0.1, 0.15) is 0 Å². The van der Waals surface area contributed by atoms with Crippen LogP contribution in [-0.2, 0) is 6.30 Å². The van der Waals surface area contributed by atoms with Crippen LogP contribution in [-0.4, -0.2) is 9.55 Å². The predicted octanol–water partition coefficient (Wildman–Crippen LogP) is 2.96. The first-order valence-electron chi connectivity index (χ1n) is 5.17. The minimum absolute atomic E-state index is 0.00519. The summed E-state index contributed by atoms with van der Waals surface area (Å²) in [6, 6.07) is 5.24. The van der Waals surface area contributed by atoms with Crippen LogP contribution >= 0.6 is 0 Å². The van der Waals surface area contributed by atoms with Crippen LogP contribution in [0.3, 0.4) is 0 Å². The van der Waals surface area contributed by atoms with Crippen molar-refractivity contribution in [2.24, 2.45) is 0 Å². The molecule has 6 heteroatoms. The van der Waals surface area contributed by atoms with Crippen molar-refractivity contribution in [2.75, 3.05) is 0 Å². The molecule has 3 aromatic rings. The van der Waals surface area contributed by atoms with Gasteiger partial charge >= 0.3 is 6.30 Å². The van der Waals surface area contributed by atoms with E-state index in [-0.39, 0.29) is 15.6 Å². The Morgan fingerprint density at radius 2 is 1.78 bits per heavy atom. The molecule has 3 rings (SSSR count). The lowest BCUT2D eigenvalue weighted by Crippen LogP contribution is -2.16. The largest absolute Gasteiger partial charge is 0.489 e. The van der Waals surface area contributed by atoms with Gasteiger partial charge in [-0.15, -0.1) is 13.2 Å². The highest BCUT2D eigenvalue weighted by atomic mass is 19.4. The molecule has 2 aromatic heterocycles. The Morgan fingerprint density at radius 3 is 2.50 bits per heavy atom. The molecule has 0 fully saturated rings. The average Bonchev–Trinajstić information content (AvgIpc) is 2.61. The second kappa shape index (κ2) is 3.38. The van der Waals surface area contributed by atoms with Crippen molar-refractivity contribution >= 4 is 21.8 Å². The zero-order valence-electron chi connectivity index (χ0n) is 8.95. The number of fused-ring (bicyclic) bond motifs is 3. The van der Waals surface area contributed by atoms with E-state index in [1.54, 1.807) is 12.3 Å². The van der Waals surface area contributed by atoms with Gasteiger partial charge in [-0.2, -0.15) is 0 Å². The van der Waals surface area contributed by atoms with Crippen LogP contribution in [0, 0.1) is 0 Å². The fourth-order valence-electron chi connectivity index (χ4n) is 2.16. The maximum absolute atomic E-state index is 13.1. The summed E-state index contributed by atoms with van der Waals surface area (Å²) in [6.07, 6.45) is -1.75. The van der Waals surface area contributed by atoms with Gasteiger partial charge in [0.05, 0.1) is 11.0 Å². The molecule has 3 nitrogen and oxygen atoms in total. The molecular weight excluding hydrogens is 245 g/mol. The van der Waals surface area contributed by atoms with Gasteiger partial charge in [0.15, 0.2) is 5.43 Å². The highest BCUT2D eigenvalue weighted by Gasteiger charge is 2.34. The Morgan fingerprint density at radius 1 is 1.06 bits per heavy atom. The van der Waals surface area contributed by atoms with Crippen molar-refractivity contribution in [3.8, 4) is 0 Å². The Bertz CT molecular complexity index is 798. The first kappa shape index (κ1) is 10.9. The van der Waals surface area contributed by atoms with Crippen molar-refractivity contribution in [3.63, 3.8) is 0 Å². The Balaban J connectivity index is 2.63. The summed E-state index contributed by atoms with van der Waals surface area (Å²) in [5, 5.41) is 0.872. The first-order valence-corrected chi connectivity index (χ1v) is 5.17. The minimum atomic E-state index is -4.57. The van der Waals surface area contributed by atoms with Crippen molar-refractivity contribution in [1.82, 2.24) is 9.55 Å². The third-order valence-electron chi connectivity index (χ3n) is 2.84. The van der Waals surface area contributed by atoms with Gasteiger partial charge < -0.3 is 4.98 Å². The van der Waals surface area contributed by atoms with Crippen LogP contribution in [0.15, 0.2) is 41.5 Å². The molecule has 0 atom stereocenters. The summed E-state index contributed by atoms with van der Waals surface area (Å²) in [6.45, 7) is 0. The lowest BCUT2D eigenvalue weighted by atomic mass is 10.2. The van der Waals surface area contributed by atoms with Gasteiger partial charge in [0.1, 0.15) is 0 Å².